The van der Waals surface area contributed by atoms with E-state index in [9.17, 15) is 9.59 Å². The Hall–Kier alpha value is -2.71. The number of rotatable bonds is 5. The SMILES string of the molecule is O=C(Cc1csc(NC(=O)c2ccccc2)n1)NC1CCOc2ccc(Br)cc21. The van der Waals surface area contributed by atoms with Crippen molar-refractivity contribution in [1.29, 1.82) is 0 Å². The molecule has 0 radical (unpaired) electrons. The van der Waals surface area contributed by atoms with Crippen molar-refractivity contribution in [2.75, 3.05) is 11.9 Å². The van der Waals surface area contributed by atoms with Gasteiger partial charge in [-0.3, -0.25) is 14.9 Å². The molecule has 148 valence electrons. The van der Waals surface area contributed by atoms with Crippen LogP contribution < -0.4 is 15.4 Å². The number of benzene rings is 2. The van der Waals surface area contributed by atoms with Crippen LogP contribution in [0.4, 0.5) is 5.13 Å². The van der Waals surface area contributed by atoms with E-state index >= 15 is 0 Å². The molecule has 1 aliphatic rings. The second-order valence-corrected chi connectivity index (χ2v) is 8.35. The molecule has 8 heteroatoms. The van der Waals surface area contributed by atoms with Gasteiger partial charge in [-0.15, -0.1) is 11.3 Å². The quantitative estimate of drug-likeness (QED) is 0.579. The largest absolute Gasteiger partial charge is 0.493 e. The van der Waals surface area contributed by atoms with Gasteiger partial charge in [0.15, 0.2) is 5.13 Å². The Morgan fingerprint density at radius 1 is 1.21 bits per heavy atom. The molecular weight excluding hydrogens is 454 g/mol. The van der Waals surface area contributed by atoms with E-state index in [-0.39, 0.29) is 24.3 Å². The Bertz CT molecular complexity index is 1040. The summed E-state index contributed by atoms with van der Waals surface area (Å²) >= 11 is 4.77. The maximum Gasteiger partial charge on any atom is 0.257 e. The Labute approximate surface area is 180 Å². The Balaban J connectivity index is 1.37. The van der Waals surface area contributed by atoms with Crippen LogP contribution in [-0.2, 0) is 11.2 Å². The van der Waals surface area contributed by atoms with Crippen molar-refractivity contribution < 1.29 is 14.3 Å². The van der Waals surface area contributed by atoms with Crippen molar-refractivity contribution in [1.82, 2.24) is 10.3 Å². The molecule has 1 aliphatic heterocycles. The van der Waals surface area contributed by atoms with Gasteiger partial charge in [-0.1, -0.05) is 34.1 Å². The predicted octanol–water partition coefficient (Wildman–Crippen LogP) is 4.34. The summed E-state index contributed by atoms with van der Waals surface area (Å²) < 4.78 is 6.61. The van der Waals surface area contributed by atoms with Crippen LogP contribution in [0.2, 0.25) is 0 Å². The van der Waals surface area contributed by atoms with Gasteiger partial charge >= 0.3 is 0 Å². The molecular formula is C21H18BrN3O3S. The third-order valence-corrected chi connectivity index (χ3v) is 5.80. The minimum Gasteiger partial charge on any atom is -0.493 e. The third-order valence-electron chi connectivity index (χ3n) is 4.50. The van der Waals surface area contributed by atoms with Gasteiger partial charge in [0, 0.05) is 27.4 Å². The average molecular weight is 472 g/mol. The van der Waals surface area contributed by atoms with Crippen LogP contribution in [0, 0.1) is 0 Å². The first-order valence-corrected chi connectivity index (χ1v) is 10.8. The summed E-state index contributed by atoms with van der Waals surface area (Å²) in [5.41, 5.74) is 2.15. The zero-order chi connectivity index (χ0) is 20.2. The van der Waals surface area contributed by atoms with Gasteiger partial charge in [0.05, 0.1) is 24.8 Å². The van der Waals surface area contributed by atoms with Crippen molar-refractivity contribution in [2.45, 2.75) is 18.9 Å². The summed E-state index contributed by atoms with van der Waals surface area (Å²) in [7, 11) is 0. The number of ether oxygens (including phenoxy) is 1. The Morgan fingerprint density at radius 3 is 2.86 bits per heavy atom. The number of halogens is 1. The topological polar surface area (TPSA) is 80.3 Å². The Kier molecular flexibility index (Phi) is 5.92. The maximum absolute atomic E-state index is 12.5. The normalized spacial score (nSPS) is 15.1. The summed E-state index contributed by atoms with van der Waals surface area (Å²) in [6.07, 6.45) is 0.864. The number of anilines is 1. The average Bonchev–Trinajstić information content (AvgIpc) is 3.15. The van der Waals surface area contributed by atoms with Crippen molar-refractivity contribution in [2.24, 2.45) is 0 Å². The first-order valence-electron chi connectivity index (χ1n) is 9.11. The van der Waals surface area contributed by atoms with Crippen LogP contribution in [0.5, 0.6) is 5.75 Å². The van der Waals surface area contributed by atoms with E-state index in [1.54, 1.807) is 29.6 Å². The van der Waals surface area contributed by atoms with Gasteiger partial charge < -0.3 is 10.1 Å². The van der Waals surface area contributed by atoms with Crippen molar-refractivity contribution >= 4 is 44.2 Å². The van der Waals surface area contributed by atoms with Crippen LogP contribution >= 0.6 is 27.3 Å². The lowest BCUT2D eigenvalue weighted by Gasteiger charge is -2.26. The van der Waals surface area contributed by atoms with Crippen LogP contribution in [0.3, 0.4) is 0 Å². The molecule has 1 unspecified atom stereocenters. The number of carbonyl (C=O) groups is 2. The first kappa shape index (κ1) is 19.6. The molecule has 2 N–H and O–H groups in total. The van der Waals surface area contributed by atoms with Gasteiger partial charge in [-0.25, -0.2) is 4.98 Å². The van der Waals surface area contributed by atoms with E-state index in [2.05, 4.69) is 31.5 Å². The molecule has 1 aromatic heterocycles. The lowest BCUT2D eigenvalue weighted by atomic mass is 10.0. The highest BCUT2D eigenvalue weighted by Crippen LogP contribution is 2.34. The summed E-state index contributed by atoms with van der Waals surface area (Å²) in [6.45, 7) is 0.561. The lowest BCUT2D eigenvalue weighted by Crippen LogP contribution is -2.33. The van der Waals surface area contributed by atoms with Gasteiger partial charge in [-0.05, 0) is 30.3 Å². The summed E-state index contributed by atoms with van der Waals surface area (Å²) in [6, 6.07) is 14.6. The van der Waals surface area contributed by atoms with Crippen LogP contribution in [0.1, 0.15) is 34.1 Å². The fourth-order valence-corrected chi connectivity index (χ4v) is 4.21. The number of thiazole rings is 1. The summed E-state index contributed by atoms with van der Waals surface area (Å²) in [5, 5.41) is 8.09. The molecule has 0 fully saturated rings. The number of aromatic nitrogens is 1. The molecule has 2 aromatic carbocycles. The highest BCUT2D eigenvalue weighted by Gasteiger charge is 2.23. The van der Waals surface area contributed by atoms with E-state index in [0.717, 1.165) is 15.8 Å². The molecule has 2 heterocycles. The summed E-state index contributed by atoms with van der Waals surface area (Å²) in [4.78, 5) is 29.1. The second-order valence-electron chi connectivity index (χ2n) is 6.58. The van der Waals surface area contributed by atoms with Crippen molar-refractivity contribution in [3.8, 4) is 5.75 Å². The van der Waals surface area contributed by atoms with Crippen molar-refractivity contribution in [3.63, 3.8) is 0 Å². The fourth-order valence-electron chi connectivity index (χ4n) is 3.13. The third kappa shape index (κ3) is 4.83. The van der Waals surface area contributed by atoms with Gasteiger partial charge in [0.1, 0.15) is 5.75 Å². The van der Waals surface area contributed by atoms with Crippen LogP contribution in [0.25, 0.3) is 0 Å². The van der Waals surface area contributed by atoms with E-state index in [0.29, 0.717) is 29.4 Å². The molecule has 0 bridgehead atoms. The standard InChI is InChI=1S/C21H18BrN3O3S/c22-14-6-7-18-16(10-14)17(8-9-28-18)24-19(26)11-15-12-29-21(23-15)25-20(27)13-4-2-1-3-5-13/h1-7,10,12,17H,8-9,11H2,(H,24,26)(H,23,25,27). The first-order chi connectivity index (χ1) is 14.1. The fraction of sp³-hybridized carbons (Fsp3) is 0.190. The lowest BCUT2D eigenvalue weighted by molar-refractivity contribution is -0.121. The molecule has 0 spiro atoms. The number of nitrogens with zero attached hydrogens (tertiary/aromatic N) is 1. The molecule has 0 aliphatic carbocycles. The smallest absolute Gasteiger partial charge is 0.257 e. The minimum atomic E-state index is -0.222. The molecule has 29 heavy (non-hydrogen) atoms. The second kappa shape index (κ2) is 8.75. The Morgan fingerprint density at radius 2 is 2.03 bits per heavy atom. The van der Waals surface area contributed by atoms with E-state index in [1.807, 2.05) is 24.3 Å². The van der Waals surface area contributed by atoms with Gasteiger partial charge in [-0.2, -0.15) is 0 Å². The molecule has 0 saturated carbocycles. The highest BCUT2D eigenvalue weighted by molar-refractivity contribution is 9.10. The van der Waals surface area contributed by atoms with Gasteiger partial charge in [0.2, 0.25) is 5.91 Å². The summed E-state index contributed by atoms with van der Waals surface area (Å²) in [5.74, 6) is 0.457. The van der Waals surface area contributed by atoms with Gasteiger partial charge in [0.25, 0.3) is 5.91 Å². The van der Waals surface area contributed by atoms with Crippen molar-refractivity contribution in [3.05, 3.63) is 75.2 Å². The van der Waals surface area contributed by atoms with E-state index in [1.165, 1.54) is 11.3 Å². The molecule has 2 amide bonds. The van der Waals surface area contributed by atoms with Crippen LogP contribution in [-0.4, -0.2) is 23.4 Å². The van der Waals surface area contributed by atoms with Crippen LogP contribution in [0.15, 0.2) is 58.4 Å². The zero-order valence-electron chi connectivity index (χ0n) is 15.4. The zero-order valence-corrected chi connectivity index (χ0v) is 17.8. The highest BCUT2D eigenvalue weighted by atomic mass is 79.9. The molecule has 6 nitrogen and oxygen atoms in total. The molecule has 4 rings (SSSR count). The van der Waals surface area contributed by atoms with E-state index in [4.69, 9.17) is 4.74 Å². The maximum atomic E-state index is 12.5. The molecule has 1 atom stereocenters. The number of hydrogen-bond acceptors (Lipinski definition) is 5. The molecule has 3 aromatic rings. The minimum absolute atomic E-state index is 0.0976. The number of amides is 2. The number of carbonyl (C=O) groups excluding carboxylic acids is 2. The monoisotopic (exact) mass is 471 g/mol. The molecule has 0 saturated heterocycles. The van der Waals surface area contributed by atoms with E-state index < -0.39 is 0 Å². The number of nitrogens with one attached hydrogen (secondary N) is 2. The number of hydrogen-bond donors (Lipinski definition) is 2. The predicted molar refractivity (Wildman–Crippen MR) is 115 cm³/mol. The number of fused-ring (bicyclic) bond motifs is 1.